The summed E-state index contributed by atoms with van der Waals surface area (Å²) in [4.78, 5) is 48.4. The van der Waals surface area contributed by atoms with Gasteiger partial charge in [0.05, 0.1) is 16.7 Å². The van der Waals surface area contributed by atoms with E-state index in [1.807, 2.05) is 60.9 Å². The molecule has 0 fully saturated rings. The van der Waals surface area contributed by atoms with Crippen LogP contribution in [0.3, 0.4) is 0 Å². The number of carboxylic acids is 1. The summed E-state index contributed by atoms with van der Waals surface area (Å²) in [7, 11) is 0. The zero-order valence-corrected chi connectivity index (χ0v) is 30.9. The third kappa shape index (κ3) is 8.30. The molecule has 11 nitrogen and oxygen atoms in total. The number of carboxylic acid groups (broad SMARTS) is 1. The van der Waals surface area contributed by atoms with Crippen molar-refractivity contribution >= 4 is 16.9 Å². The van der Waals surface area contributed by atoms with Crippen molar-refractivity contribution < 1.29 is 19.4 Å². The Morgan fingerprint density at radius 2 is 1.07 bits per heavy atom. The van der Waals surface area contributed by atoms with Crippen LogP contribution in [0, 0.1) is 0 Å². The van der Waals surface area contributed by atoms with Crippen molar-refractivity contribution in [3.63, 3.8) is 0 Å². The lowest BCUT2D eigenvalue weighted by atomic mass is 9.88. The van der Waals surface area contributed by atoms with Crippen LogP contribution in [0.4, 0.5) is 0 Å². The van der Waals surface area contributed by atoms with Crippen molar-refractivity contribution in [2.24, 2.45) is 0 Å². The molecular weight excluding hydrogens is 717 g/mol. The largest absolute Gasteiger partial charge is 0.507 e. The molecule has 0 saturated carbocycles. The van der Waals surface area contributed by atoms with Crippen LogP contribution in [0.25, 0.3) is 33.4 Å². The average molecular weight is 755 g/mol. The number of pyridine rings is 4. The summed E-state index contributed by atoms with van der Waals surface area (Å²) in [5.74, 6) is -0.781. The first-order chi connectivity index (χ1) is 27.9. The standard InChI is InChI=1S/C46H38N6O5/c53-41-15-13-37-43(35-11-1-2-12-36(35)46(55)56)38-14-16-42(54)40(30-52(27-33-9-5-19-49-23-33)28-34-10-6-20-50-24-34)45(38)57-44(37)39(41)29-51(25-31-7-3-17-47-21-31)26-32-8-4-18-48-22-32/h1-24,53H,25-30H2,(H,55,56). The van der Waals surface area contributed by atoms with Gasteiger partial charge in [0, 0.05) is 105 Å². The van der Waals surface area contributed by atoms with E-state index in [0.717, 1.165) is 22.3 Å². The molecule has 6 aromatic rings. The summed E-state index contributed by atoms with van der Waals surface area (Å²) < 4.78 is 6.93. The summed E-state index contributed by atoms with van der Waals surface area (Å²) >= 11 is 0. The Hall–Kier alpha value is -7.08. The summed E-state index contributed by atoms with van der Waals surface area (Å²) in [5.41, 5.74) is 6.58. The number of aromatic hydroxyl groups is 1. The highest BCUT2D eigenvalue weighted by molar-refractivity contribution is 6.08. The van der Waals surface area contributed by atoms with Crippen LogP contribution in [0.2, 0.25) is 0 Å². The Kier molecular flexibility index (Phi) is 10.8. The summed E-state index contributed by atoms with van der Waals surface area (Å²) in [6.07, 6.45) is 14.1. The van der Waals surface area contributed by atoms with Crippen LogP contribution < -0.4 is 5.43 Å². The second-order valence-electron chi connectivity index (χ2n) is 13.9. The van der Waals surface area contributed by atoms with Gasteiger partial charge in [-0.3, -0.25) is 34.5 Å². The van der Waals surface area contributed by atoms with Gasteiger partial charge in [-0.25, -0.2) is 4.79 Å². The van der Waals surface area contributed by atoms with Crippen molar-refractivity contribution in [1.82, 2.24) is 29.7 Å². The summed E-state index contributed by atoms with van der Waals surface area (Å²) in [6, 6.07) is 28.9. The Balaban J connectivity index is 1.33. The van der Waals surface area contributed by atoms with E-state index in [0.29, 0.717) is 70.7 Å². The molecule has 0 spiro atoms. The number of fused-ring (bicyclic) bond motifs is 2. The van der Waals surface area contributed by atoms with Crippen LogP contribution in [0.15, 0.2) is 156 Å². The quantitative estimate of drug-likeness (QED) is 0.104. The molecule has 2 N–H and O–H groups in total. The SMILES string of the molecule is O=C(O)c1ccccc1-c1c2ccc(=O)c(CN(Cc3cccnc3)Cc3cccnc3)c-2oc2c(CN(Cc3cccnc3)Cc3cccnc3)c(O)ccc12. The number of rotatable bonds is 14. The lowest BCUT2D eigenvalue weighted by molar-refractivity contribution is 0.0697. The molecule has 0 radical (unpaired) electrons. The van der Waals surface area contributed by atoms with E-state index in [4.69, 9.17) is 4.42 Å². The van der Waals surface area contributed by atoms with Gasteiger partial charge in [-0.15, -0.1) is 0 Å². The van der Waals surface area contributed by atoms with Crippen LogP contribution in [0.1, 0.15) is 43.7 Å². The van der Waals surface area contributed by atoms with E-state index in [1.54, 1.807) is 79.6 Å². The molecule has 1 aliphatic heterocycles. The van der Waals surface area contributed by atoms with Gasteiger partial charge in [0.25, 0.3) is 0 Å². The number of phenols is 1. The minimum atomic E-state index is -1.09. The fourth-order valence-electron chi connectivity index (χ4n) is 7.36. The van der Waals surface area contributed by atoms with Crippen LogP contribution in [0.5, 0.6) is 5.75 Å². The van der Waals surface area contributed by atoms with Gasteiger partial charge in [0.2, 0.25) is 0 Å². The summed E-state index contributed by atoms with van der Waals surface area (Å²) in [6.45, 7) is 2.37. The zero-order chi connectivity index (χ0) is 39.1. The number of aromatic carboxylic acids is 1. The number of carbonyl (C=O) groups is 1. The van der Waals surface area contributed by atoms with Crippen LogP contribution in [-0.4, -0.2) is 45.9 Å². The van der Waals surface area contributed by atoms with Crippen molar-refractivity contribution in [2.45, 2.75) is 39.3 Å². The van der Waals surface area contributed by atoms with Gasteiger partial charge < -0.3 is 14.6 Å². The number of aromatic nitrogens is 4. The maximum absolute atomic E-state index is 14.1. The van der Waals surface area contributed by atoms with Gasteiger partial charge in [-0.1, -0.05) is 42.5 Å². The molecule has 1 aliphatic carbocycles. The average Bonchev–Trinajstić information content (AvgIpc) is 3.23. The van der Waals surface area contributed by atoms with Gasteiger partial charge in [0.15, 0.2) is 5.43 Å². The molecule has 5 heterocycles. The molecule has 4 aromatic heterocycles. The second kappa shape index (κ2) is 16.7. The molecule has 8 rings (SSSR count). The molecule has 282 valence electrons. The number of benzene rings is 3. The smallest absolute Gasteiger partial charge is 0.336 e. The molecule has 0 unspecified atom stereocenters. The highest BCUT2D eigenvalue weighted by Crippen LogP contribution is 2.45. The highest BCUT2D eigenvalue weighted by Gasteiger charge is 2.28. The van der Waals surface area contributed by atoms with Gasteiger partial charge in [-0.2, -0.15) is 0 Å². The highest BCUT2D eigenvalue weighted by atomic mass is 16.4. The van der Waals surface area contributed by atoms with E-state index >= 15 is 0 Å². The van der Waals surface area contributed by atoms with Crippen LogP contribution >= 0.6 is 0 Å². The molecular formula is C46H38N6O5. The van der Waals surface area contributed by atoms with E-state index in [2.05, 4.69) is 29.7 Å². The third-order valence-corrected chi connectivity index (χ3v) is 9.90. The summed E-state index contributed by atoms with van der Waals surface area (Å²) in [5, 5.41) is 22.7. The molecule has 0 amide bonds. The first kappa shape index (κ1) is 36.9. The lowest BCUT2D eigenvalue weighted by Gasteiger charge is -2.26. The molecule has 2 aliphatic rings. The molecule has 0 saturated heterocycles. The van der Waals surface area contributed by atoms with Gasteiger partial charge >= 0.3 is 5.97 Å². The second-order valence-corrected chi connectivity index (χ2v) is 13.9. The zero-order valence-electron chi connectivity index (χ0n) is 30.9. The Labute approximate surface area is 328 Å². The Morgan fingerprint density at radius 3 is 1.56 bits per heavy atom. The van der Waals surface area contributed by atoms with Gasteiger partial charge in [-0.05, 0) is 82.4 Å². The fourth-order valence-corrected chi connectivity index (χ4v) is 7.36. The topological polar surface area (TPSA) is 146 Å². The third-order valence-electron chi connectivity index (χ3n) is 9.90. The van der Waals surface area contributed by atoms with E-state index in [1.165, 1.54) is 6.07 Å². The van der Waals surface area contributed by atoms with E-state index in [9.17, 15) is 19.8 Å². The molecule has 2 aromatic carbocycles. The molecule has 11 heteroatoms. The maximum Gasteiger partial charge on any atom is 0.336 e. The lowest BCUT2D eigenvalue weighted by Crippen LogP contribution is -2.26. The van der Waals surface area contributed by atoms with Crippen LogP contribution in [-0.2, 0) is 39.3 Å². The van der Waals surface area contributed by atoms with Crippen molar-refractivity contribution in [3.8, 4) is 28.2 Å². The predicted molar refractivity (Wildman–Crippen MR) is 216 cm³/mol. The van der Waals surface area contributed by atoms with Crippen molar-refractivity contribution in [2.75, 3.05) is 0 Å². The molecule has 57 heavy (non-hydrogen) atoms. The Morgan fingerprint density at radius 1 is 0.561 bits per heavy atom. The van der Waals surface area contributed by atoms with Crippen molar-refractivity contribution in [3.05, 3.63) is 196 Å². The number of hydrogen-bond donors (Lipinski definition) is 2. The molecule has 0 atom stereocenters. The van der Waals surface area contributed by atoms with Crippen molar-refractivity contribution in [1.29, 1.82) is 0 Å². The number of hydrogen-bond acceptors (Lipinski definition) is 10. The van der Waals surface area contributed by atoms with Gasteiger partial charge in [0.1, 0.15) is 17.1 Å². The minimum Gasteiger partial charge on any atom is -0.507 e. The Bertz CT molecular complexity index is 2580. The first-order valence-corrected chi connectivity index (χ1v) is 18.5. The predicted octanol–water partition coefficient (Wildman–Crippen LogP) is 7.95. The first-order valence-electron chi connectivity index (χ1n) is 18.5. The number of phenolic OH excluding ortho intramolecular Hbond substituents is 1. The van der Waals surface area contributed by atoms with E-state index in [-0.39, 0.29) is 29.8 Å². The normalized spacial score (nSPS) is 11.5. The minimum absolute atomic E-state index is 0.0000490. The maximum atomic E-state index is 14.1. The molecule has 0 bridgehead atoms. The fraction of sp³-hybridized carbons (Fsp3) is 0.130. The monoisotopic (exact) mass is 754 g/mol. The van der Waals surface area contributed by atoms with E-state index < -0.39 is 5.97 Å². The number of nitrogens with zero attached hydrogens (tertiary/aromatic N) is 6.